The van der Waals surface area contributed by atoms with Crippen molar-refractivity contribution < 1.29 is 23.9 Å². The molecule has 0 N–H and O–H groups in total. The molecule has 0 radical (unpaired) electrons. The maximum absolute atomic E-state index is 12.8. The molecule has 0 aromatic heterocycles. The predicted octanol–water partition coefficient (Wildman–Crippen LogP) is 2.40. The maximum atomic E-state index is 12.8. The summed E-state index contributed by atoms with van der Waals surface area (Å²) in [6.45, 7) is 3.98. The van der Waals surface area contributed by atoms with E-state index in [1.807, 2.05) is 0 Å². The van der Waals surface area contributed by atoms with Crippen LogP contribution in [0.25, 0.3) is 0 Å². The minimum atomic E-state index is -0.355. The third kappa shape index (κ3) is 4.01. The molecule has 0 bridgehead atoms. The molecule has 0 aliphatic carbocycles. The quantitative estimate of drug-likeness (QED) is 0.708. The fourth-order valence-corrected chi connectivity index (χ4v) is 3.81. The van der Waals surface area contributed by atoms with Gasteiger partial charge in [0.1, 0.15) is 0 Å². The molecule has 1 saturated heterocycles. The van der Waals surface area contributed by atoms with Gasteiger partial charge in [-0.1, -0.05) is 24.3 Å². The van der Waals surface area contributed by atoms with E-state index in [0.29, 0.717) is 49.5 Å². The number of imide groups is 1. The molecule has 160 valence electrons. The van der Waals surface area contributed by atoms with Gasteiger partial charge >= 0.3 is 6.09 Å². The van der Waals surface area contributed by atoms with Crippen molar-refractivity contribution in [3.63, 3.8) is 0 Å². The molecule has 2 aliphatic heterocycles. The lowest BCUT2D eigenvalue weighted by molar-refractivity contribution is 0.0570. The van der Waals surface area contributed by atoms with E-state index in [4.69, 9.17) is 4.74 Å². The van der Waals surface area contributed by atoms with Gasteiger partial charge in [-0.3, -0.25) is 19.3 Å². The zero-order valence-corrected chi connectivity index (χ0v) is 17.2. The molecule has 8 nitrogen and oxygen atoms in total. The second-order valence-corrected chi connectivity index (χ2v) is 7.42. The summed E-state index contributed by atoms with van der Waals surface area (Å²) >= 11 is 0. The minimum Gasteiger partial charge on any atom is -0.450 e. The van der Waals surface area contributed by atoms with Crippen LogP contribution in [0.4, 0.5) is 4.79 Å². The van der Waals surface area contributed by atoms with Crippen LogP contribution < -0.4 is 0 Å². The molecule has 2 heterocycles. The Bertz CT molecular complexity index is 991. The molecule has 0 unspecified atom stereocenters. The summed E-state index contributed by atoms with van der Waals surface area (Å²) in [5.74, 6) is -0.726. The topological polar surface area (TPSA) is 87.2 Å². The highest BCUT2D eigenvalue weighted by Crippen LogP contribution is 2.24. The Hall–Kier alpha value is -3.68. The molecule has 31 heavy (non-hydrogen) atoms. The van der Waals surface area contributed by atoms with Gasteiger partial charge in [-0.2, -0.15) is 0 Å². The molecule has 4 amide bonds. The van der Waals surface area contributed by atoms with E-state index in [2.05, 4.69) is 0 Å². The van der Waals surface area contributed by atoms with Crippen molar-refractivity contribution in [1.29, 1.82) is 0 Å². The fourth-order valence-electron chi connectivity index (χ4n) is 3.81. The van der Waals surface area contributed by atoms with Gasteiger partial charge in [0, 0.05) is 31.7 Å². The Kier molecular flexibility index (Phi) is 5.70. The number of carbonyl (C=O) groups excluding carboxylic acids is 4. The van der Waals surface area contributed by atoms with Crippen molar-refractivity contribution in [2.75, 3.05) is 32.8 Å². The first-order valence-electron chi connectivity index (χ1n) is 10.2. The van der Waals surface area contributed by atoms with Crippen molar-refractivity contribution in [1.82, 2.24) is 14.7 Å². The highest BCUT2D eigenvalue weighted by atomic mass is 16.6. The Morgan fingerprint density at radius 1 is 0.839 bits per heavy atom. The summed E-state index contributed by atoms with van der Waals surface area (Å²) < 4.78 is 5.00. The summed E-state index contributed by atoms with van der Waals surface area (Å²) in [7, 11) is 0. The summed E-state index contributed by atoms with van der Waals surface area (Å²) in [5.41, 5.74) is 2.12. The van der Waals surface area contributed by atoms with Gasteiger partial charge in [-0.05, 0) is 36.8 Å². The molecule has 4 rings (SSSR count). The van der Waals surface area contributed by atoms with E-state index < -0.39 is 0 Å². The highest BCUT2D eigenvalue weighted by Gasteiger charge is 2.35. The van der Waals surface area contributed by atoms with Gasteiger partial charge in [0.2, 0.25) is 0 Å². The van der Waals surface area contributed by atoms with E-state index in [-0.39, 0.29) is 30.4 Å². The molecule has 0 saturated carbocycles. The van der Waals surface area contributed by atoms with Gasteiger partial charge in [0.25, 0.3) is 17.7 Å². The molecule has 2 aromatic carbocycles. The lowest BCUT2D eigenvalue weighted by Crippen LogP contribution is -2.50. The number of hydrogen-bond acceptors (Lipinski definition) is 5. The Morgan fingerprint density at radius 3 is 1.94 bits per heavy atom. The monoisotopic (exact) mass is 421 g/mol. The average molecular weight is 421 g/mol. The number of ether oxygens (including phenoxy) is 1. The Morgan fingerprint density at radius 2 is 1.39 bits per heavy atom. The number of carbonyl (C=O) groups is 4. The van der Waals surface area contributed by atoms with Crippen LogP contribution in [0.15, 0.2) is 48.5 Å². The lowest BCUT2D eigenvalue weighted by atomic mass is 10.1. The normalized spacial score (nSPS) is 15.8. The number of hydrogen-bond donors (Lipinski definition) is 0. The first-order valence-corrected chi connectivity index (χ1v) is 10.2. The van der Waals surface area contributed by atoms with Crippen LogP contribution in [0.3, 0.4) is 0 Å². The van der Waals surface area contributed by atoms with Crippen molar-refractivity contribution in [3.05, 3.63) is 70.8 Å². The van der Waals surface area contributed by atoms with E-state index in [1.165, 1.54) is 4.90 Å². The third-order valence-electron chi connectivity index (χ3n) is 5.51. The van der Waals surface area contributed by atoms with Crippen LogP contribution in [0.1, 0.15) is 43.6 Å². The fraction of sp³-hybridized carbons (Fsp3) is 0.304. The van der Waals surface area contributed by atoms with E-state index >= 15 is 0 Å². The molecular formula is C23H23N3O5. The highest BCUT2D eigenvalue weighted by molar-refractivity contribution is 6.21. The summed E-state index contributed by atoms with van der Waals surface area (Å²) in [6, 6.07) is 13.7. The van der Waals surface area contributed by atoms with Crippen LogP contribution >= 0.6 is 0 Å². The number of benzene rings is 2. The van der Waals surface area contributed by atoms with Crippen molar-refractivity contribution in [3.8, 4) is 0 Å². The molecule has 0 spiro atoms. The zero-order valence-electron chi connectivity index (χ0n) is 17.2. The number of piperazine rings is 1. The van der Waals surface area contributed by atoms with E-state index in [0.717, 1.165) is 5.56 Å². The van der Waals surface area contributed by atoms with Gasteiger partial charge in [0.05, 0.1) is 24.3 Å². The number of fused-ring (bicyclic) bond motifs is 1. The van der Waals surface area contributed by atoms with Crippen molar-refractivity contribution >= 4 is 23.8 Å². The standard InChI is InChI=1S/C23H23N3O5/c1-2-31-23(30)25-13-11-24(12-14-25)20(27)17-9-7-16(8-10-17)15-26-21(28)18-5-3-4-6-19(18)22(26)29/h3-10H,2,11-15H2,1H3. The van der Waals surface area contributed by atoms with Gasteiger partial charge < -0.3 is 14.5 Å². The second-order valence-electron chi connectivity index (χ2n) is 7.42. The van der Waals surface area contributed by atoms with Crippen LogP contribution in [0.2, 0.25) is 0 Å². The maximum Gasteiger partial charge on any atom is 0.409 e. The van der Waals surface area contributed by atoms with Crippen molar-refractivity contribution in [2.45, 2.75) is 13.5 Å². The van der Waals surface area contributed by atoms with Crippen LogP contribution in [0.5, 0.6) is 0 Å². The summed E-state index contributed by atoms with van der Waals surface area (Å²) in [5, 5.41) is 0. The molecule has 1 fully saturated rings. The molecular weight excluding hydrogens is 398 g/mol. The van der Waals surface area contributed by atoms with Gasteiger partial charge in [-0.15, -0.1) is 0 Å². The first kappa shape index (κ1) is 20.6. The molecule has 2 aromatic rings. The summed E-state index contributed by atoms with van der Waals surface area (Å²) in [6.07, 6.45) is -0.355. The number of rotatable bonds is 4. The lowest BCUT2D eigenvalue weighted by Gasteiger charge is -2.34. The first-order chi connectivity index (χ1) is 15.0. The van der Waals surface area contributed by atoms with Crippen LogP contribution in [0, 0.1) is 0 Å². The van der Waals surface area contributed by atoms with Gasteiger partial charge in [0.15, 0.2) is 0 Å². The number of nitrogens with zero attached hydrogens (tertiary/aromatic N) is 3. The minimum absolute atomic E-state index is 0.115. The average Bonchev–Trinajstić information content (AvgIpc) is 3.04. The number of amides is 4. The van der Waals surface area contributed by atoms with E-state index in [1.54, 1.807) is 65.3 Å². The van der Waals surface area contributed by atoms with Crippen molar-refractivity contribution in [2.24, 2.45) is 0 Å². The second kappa shape index (κ2) is 8.59. The molecule has 8 heteroatoms. The summed E-state index contributed by atoms with van der Waals surface area (Å²) in [4.78, 5) is 54.1. The van der Waals surface area contributed by atoms with Crippen LogP contribution in [-0.2, 0) is 11.3 Å². The molecule has 0 atom stereocenters. The predicted molar refractivity (Wildman–Crippen MR) is 112 cm³/mol. The Labute approximate surface area is 180 Å². The largest absolute Gasteiger partial charge is 0.450 e. The van der Waals surface area contributed by atoms with E-state index in [9.17, 15) is 19.2 Å². The smallest absolute Gasteiger partial charge is 0.409 e. The zero-order chi connectivity index (χ0) is 22.0. The Balaban J connectivity index is 1.37. The third-order valence-corrected chi connectivity index (χ3v) is 5.51. The van der Waals surface area contributed by atoms with Gasteiger partial charge in [-0.25, -0.2) is 4.79 Å². The SMILES string of the molecule is CCOC(=O)N1CCN(C(=O)c2ccc(CN3C(=O)c4ccccc4C3=O)cc2)CC1. The molecule has 2 aliphatic rings. The van der Waals surface area contributed by atoms with Crippen LogP contribution in [-0.4, -0.2) is 71.3 Å².